The Kier molecular flexibility index (Phi) is 6.12. The zero-order valence-electron chi connectivity index (χ0n) is 16.9. The van der Waals surface area contributed by atoms with Crippen molar-refractivity contribution in [2.24, 2.45) is 5.73 Å². The lowest BCUT2D eigenvalue weighted by molar-refractivity contribution is 0.0535. The zero-order valence-corrected chi connectivity index (χ0v) is 16.9. The first-order valence-electron chi connectivity index (χ1n) is 10.1. The fourth-order valence-corrected chi connectivity index (χ4v) is 3.55. The van der Waals surface area contributed by atoms with Crippen molar-refractivity contribution < 1.29 is 19.1 Å². The van der Waals surface area contributed by atoms with E-state index in [9.17, 15) is 9.59 Å². The maximum Gasteiger partial charge on any atom is 0.267 e. The van der Waals surface area contributed by atoms with Gasteiger partial charge in [-0.3, -0.25) is 14.6 Å². The van der Waals surface area contributed by atoms with E-state index < -0.39 is 5.91 Å². The van der Waals surface area contributed by atoms with Gasteiger partial charge in [0.25, 0.3) is 11.8 Å². The molecule has 2 aromatic carbocycles. The van der Waals surface area contributed by atoms with Crippen LogP contribution in [0.2, 0.25) is 0 Å². The van der Waals surface area contributed by atoms with Gasteiger partial charge in [-0.25, -0.2) is 0 Å². The van der Waals surface area contributed by atoms with Crippen LogP contribution in [-0.2, 0) is 0 Å². The summed E-state index contributed by atoms with van der Waals surface area (Å²) >= 11 is 0. The number of carbonyl (C=O) groups is 2. The minimum absolute atomic E-state index is 0.104. The molecular weight excluding hydrogens is 394 g/mol. The van der Waals surface area contributed by atoms with Gasteiger partial charge in [-0.2, -0.15) is 0 Å². The summed E-state index contributed by atoms with van der Waals surface area (Å²) in [5.74, 6) is 0.983. The number of benzene rings is 2. The lowest BCUT2D eigenvalue weighted by atomic mass is 10.1. The normalized spacial score (nSPS) is 15.9. The molecule has 0 radical (unpaired) electrons. The third-order valence-electron chi connectivity index (χ3n) is 5.04. The average Bonchev–Trinajstić information content (AvgIpc) is 2.80. The highest BCUT2D eigenvalue weighted by Gasteiger charge is 2.27. The van der Waals surface area contributed by atoms with E-state index in [4.69, 9.17) is 15.2 Å². The van der Waals surface area contributed by atoms with Gasteiger partial charge in [0.05, 0.1) is 12.1 Å². The maximum atomic E-state index is 13.3. The standard InChI is InChI=1S/C24H23N3O4/c25-23(28)21-15-18(12-13-26-21)30-19-9-6-14-27(16-19)24(29)20-10-4-5-11-22(20)31-17-7-2-1-3-8-17/h1-5,7-8,10-13,15,19H,6,9,14,16H2,(H2,25,28). The fraction of sp³-hybridized carbons (Fsp3) is 0.208. The lowest BCUT2D eigenvalue weighted by Gasteiger charge is -2.33. The quantitative estimate of drug-likeness (QED) is 0.661. The van der Waals surface area contributed by atoms with E-state index in [1.54, 1.807) is 23.1 Å². The molecule has 1 fully saturated rings. The number of carbonyl (C=O) groups excluding carboxylic acids is 2. The number of likely N-dealkylation sites (tertiary alicyclic amines) is 1. The first-order chi connectivity index (χ1) is 15.1. The SMILES string of the molecule is NC(=O)c1cc(OC2CCCN(C(=O)c3ccccc3Oc3ccccc3)C2)ccn1. The number of hydrogen-bond donors (Lipinski definition) is 1. The van der Waals surface area contributed by atoms with Crippen molar-refractivity contribution in [2.75, 3.05) is 13.1 Å². The molecular formula is C24H23N3O4. The Hall–Kier alpha value is -3.87. The van der Waals surface area contributed by atoms with Gasteiger partial charge < -0.3 is 20.1 Å². The predicted octanol–water partition coefficient (Wildman–Crippen LogP) is 3.66. The zero-order chi connectivity index (χ0) is 21.6. The van der Waals surface area contributed by atoms with Crippen LogP contribution < -0.4 is 15.2 Å². The smallest absolute Gasteiger partial charge is 0.267 e. The van der Waals surface area contributed by atoms with Crippen molar-refractivity contribution in [1.29, 1.82) is 0 Å². The van der Waals surface area contributed by atoms with Crippen LogP contribution in [0.1, 0.15) is 33.7 Å². The van der Waals surface area contributed by atoms with Gasteiger partial charge in [-0.15, -0.1) is 0 Å². The summed E-state index contributed by atoms with van der Waals surface area (Å²) < 4.78 is 12.0. The number of rotatable bonds is 6. The van der Waals surface area contributed by atoms with Gasteiger partial charge >= 0.3 is 0 Å². The molecule has 158 valence electrons. The van der Waals surface area contributed by atoms with Crippen LogP contribution in [0.5, 0.6) is 17.2 Å². The van der Waals surface area contributed by atoms with E-state index in [1.165, 1.54) is 12.3 Å². The number of nitrogens with zero attached hydrogens (tertiary/aromatic N) is 2. The molecule has 2 N–H and O–H groups in total. The van der Waals surface area contributed by atoms with E-state index in [0.29, 0.717) is 35.9 Å². The number of piperidine rings is 1. The average molecular weight is 417 g/mol. The summed E-state index contributed by atoms with van der Waals surface area (Å²) in [5, 5.41) is 0. The Labute approximate surface area is 180 Å². The van der Waals surface area contributed by atoms with Crippen LogP contribution in [0.3, 0.4) is 0 Å². The second-order valence-electron chi connectivity index (χ2n) is 7.29. The molecule has 31 heavy (non-hydrogen) atoms. The summed E-state index contributed by atoms with van der Waals surface area (Å²) in [7, 11) is 0. The molecule has 2 heterocycles. The number of ether oxygens (including phenoxy) is 2. The molecule has 0 spiro atoms. The molecule has 1 unspecified atom stereocenters. The number of nitrogens with two attached hydrogens (primary N) is 1. The van der Waals surface area contributed by atoms with E-state index in [0.717, 1.165) is 12.8 Å². The molecule has 1 aliphatic heterocycles. The van der Waals surface area contributed by atoms with Gasteiger partial charge in [0.15, 0.2) is 0 Å². The minimum Gasteiger partial charge on any atom is -0.488 e. The van der Waals surface area contributed by atoms with Crippen LogP contribution >= 0.6 is 0 Å². The molecule has 0 saturated carbocycles. The Morgan fingerprint density at radius 3 is 2.58 bits per heavy atom. The Morgan fingerprint density at radius 1 is 1.00 bits per heavy atom. The summed E-state index contributed by atoms with van der Waals surface area (Å²) in [6, 6.07) is 19.8. The van der Waals surface area contributed by atoms with Gasteiger partial charge in [0.2, 0.25) is 0 Å². The van der Waals surface area contributed by atoms with Gasteiger partial charge in [0.1, 0.15) is 29.0 Å². The third-order valence-corrected chi connectivity index (χ3v) is 5.04. The van der Waals surface area contributed by atoms with Crippen molar-refractivity contribution in [1.82, 2.24) is 9.88 Å². The molecule has 3 aromatic rings. The Morgan fingerprint density at radius 2 is 1.77 bits per heavy atom. The molecule has 4 rings (SSSR count). The molecule has 0 bridgehead atoms. The molecule has 1 atom stereocenters. The molecule has 1 aromatic heterocycles. The minimum atomic E-state index is -0.610. The van der Waals surface area contributed by atoms with Crippen molar-refractivity contribution in [3.05, 3.63) is 84.2 Å². The van der Waals surface area contributed by atoms with E-state index in [2.05, 4.69) is 4.98 Å². The second kappa shape index (κ2) is 9.30. The van der Waals surface area contributed by atoms with Crippen molar-refractivity contribution in [3.8, 4) is 17.2 Å². The molecule has 1 aliphatic rings. The number of hydrogen-bond acceptors (Lipinski definition) is 5. The predicted molar refractivity (Wildman–Crippen MR) is 115 cm³/mol. The number of aromatic nitrogens is 1. The largest absolute Gasteiger partial charge is 0.488 e. The molecule has 1 saturated heterocycles. The second-order valence-corrected chi connectivity index (χ2v) is 7.29. The van der Waals surface area contributed by atoms with Crippen LogP contribution in [-0.4, -0.2) is 40.9 Å². The van der Waals surface area contributed by atoms with Gasteiger partial charge in [0, 0.05) is 18.8 Å². The lowest BCUT2D eigenvalue weighted by Crippen LogP contribution is -2.44. The van der Waals surface area contributed by atoms with Crippen LogP contribution in [0.4, 0.5) is 0 Å². The highest BCUT2D eigenvalue weighted by Crippen LogP contribution is 2.27. The summed E-state index contributed by atoms with van der Waals surface area (Å²) in [5.41, 5.74) is 5.94. The molecule has 7 heteroatoms. The molecule has 2 amide bonds. The van der Waals surface area contributed by atoms with E-state index in [-0.39, 0.29) is 17.7 Å². The Bertz CT molecular complexity index is 1070. The van der Waals surface area contributed by atoms with E-state index >= 15 is 0 Å². The van der Waals surface area contributed by atoms with Gasteiger partial charge in [-0.1, -0.05) is 30.3 Å². The number of pyridine rings is 1. The number of para-hydroxylation sites is 2. The van der Waals surface area contributed by atoms with Crippen molar-refractivity contribution in [3.63, 3.8) is 0 Å². The maximum absolute atomic E-state index is 13.3. The fourth-order valence-electron chi connectivity index (χ4n) is 3.55. The number of primary amides is 1. The monoisotopic (exact) mass is 417 g/mol. The van der Waals surface area contributed by atoms with Crippen molar-refractivity contribution >= 4 is 11.8 Å². The van der Waals surface area contributed by atoms with E-state index in [1.807, 2.05) is 42.5 Å². The first-order valence-corrected chi connectivity index (χ1v) is 10.1. The highest BCUT2D eigenvalue weighted by molar-refractivity contribution is 5.97. The summed E-state index contributed by atoms with van der Waals surface area (Å²) in [6.07, 6.45) is 2.91. The first kappa shape index (κ1) is 20.4. The summed E-state index contributed by atoms with van der Waals surface area (Å²) in [6.45, 7) is 1.08. The highest BCUT2D eigenvalue weighted by atomic mass is 16.5. The topological polar surface area (TPSA) is 94.8 Å². The molecule has 7 nitrogen and oxygen atoms in total. The van der Waals surface area contributed by atoms with Crippen molar-refractivity contribution in [2.45, 2.75) is 18.9 Å². The third kappa shape index (κ3) is 5.01. The summed E-state index contributed by atoms with van der Waals surface area (Å²) in [4.78, 5) is 30.3. The van der Waals surface area contributed by atoms with Gasteiger partial charge in [-0.05, 0) is 43.2 Å². The van der Waals surface area contributed by atoms with Crippen LogP contribution in [0.15, 0.2) is 72.9 Å². The van der Waals surface area contributed by atoms with Crippen LogP contribution in [0, 0.1) is 0 Å². The Balaban J connectivity index is 1.47. The molecule has 0 aliphatic carbocycles. The number of amides is 2. The van der Waals surface area contributed by atoms with Crippen LogP contribution in [0.25, 0.3) is 0 Å².